The number of methoxy groups -OCH3 is 1. The third kappa shape index (κ3) is 5.53. The lowest BCUT2D eigenvalue weighted by Crippen LogP contribution is -2.44. The van der Waals surface area contributed by atoms with Crippen LogP contribution in [0.25, 0.3) is 21.9 Å². The van der Waals surface area contributed by atoms with Gasteiger partial charge in [-0.25, -0.2) is 9.10 Å². The number of carbonyl (C=O) groups excluding carboxylic acids is 1. The first-order valence-electron chi connectivity index (χ1n) is 13.6. The van der Waals surface area contributed by atoms with Gasteiger partial charge in [0, 0.05) is 24.2 Å². The molecule has 0 saturated carbocycles. The van der Waals surface area contributed by atoms with Crippen LogP contribution in [0.2, 0.25) is 0 Å². The highest BCUT2D eigenvalue weighted by atomic mass is 32.2. The molecule has 3 aromatic carbocycles. The van der Waals surface area contributed by atoms with Gasteiger partial charge in [-0.2, -0.15) is 13.2 Å². The number of halogens is 3. The summed E-state index contributed by atoms with van der Waals surface area (Å²) < 4.78 is 50.2. The van der Waals surface area contributed by atoms with E-state index < -0.39 is 23.8 Å². The van der Waals surface area contributed by atoms with E-state index in [4.69, 9.17) is 4.74 Å². The number of fused-ring (bicyclic) bond motifs is 2. The first-order valence-corrected chi connectivity index (χ1v) is 14.4. The molecule has 41 heavy (non-hydrogen) atoms. The molecule has 214 valence electrons. The number of nitrogens with zero attached hydrogens (tertiary/aromatic N) is 2. The Bertz CT molecular complexity index is 1660. The fourth-order valence-corrected chi connectivity index (χ4v) is 6.99. The largest absolute Gasteiger partial charge is 0.467 e. The molecule has 0 bridgehead atoms. The second kappa shape index (κ2) is 11.7. The van der Waals surface area contributed by atoms with E-state index in [1.54, 1.807) is 6.07 Å². The van der Waals surface area contributed by atoms with Crippen molar-refractivity contribution in [3.05, 3.63) is 99.3 Å². The maximum atomic E-state index is 14.2. The summed E-state index contributed by atoms with van der Waals surface area (Å²) in [6, 6.07) is 18.2. The topological polar surface area (TPSA) is 51.5 Å². The van der Waals surface area contributed by atoms with Crippen molar-refractivity contribution in [2.75, 3.05) is 20.2 Å². The molecule has 1 aliphatic rings. The Hall–Kier alpha value is -3.56. The molecule has 4 aromatic rings. The van der Waals surface area contributed by atoms with Crippen molar-refractivity contribution < 1.29 is 22.7 Å². The van der Waals surface area contributed by atoms with Gasteiger partial charge in [-0.1, -0.05) is 68.4 Å². The van der Waals surface area contributed by atoms with Crippen molar-refractivity contribution in [2.24, 2.45) is 0 Å². The van der Waals surface area contributed by atoms with Crippen LogP contribution in [0.1, 0.15) is 48.6 Å². The minimum absolute atomic E-state index is 0.256. The Morgan fingerprint density at radius 1 is 1.02 bits per heavy atom. The summed E-state index contributed by atoms with van der Waals surface area (Å²) in [4.78, 5) is 27.2. The molecule has 1 aromatic heterocycles. The highest BCUT2D eigenvalue weighted by Gasteiger charge is 2.37. The van der Waals surface area contributed by atoms with Gasteiger partial charge in [-0.05, 0) is 70.8 Å². The van der Waals surface area contributed by atoms with Crippen molar-refractivity contribution in [3.63, 3.8) is 0 Å². The van der Waals surface area contributed by atoms with E-state index in [0.29, 0.717) is 46.7 Å². The second-order valence-corrected chi connectivity index (χ2v) is 11.2. The van der Waals surface area contributed by atoms with E-state index in [2.05, 4.69) is 0 Å². The molecule has 0 amide bonds. The minimum Gasteiger partial charge on any atom is -0.467 e. The SMILES string of the molecule is CCCN1CC(C(=O)OC)n2c(c(-c3cccc(C(F)(F)F)c3)c(Cc3cccc4ccccc34)c(CC)c2=O)S1. The molecule has 1 aliphatic heterocycles. The molecular weight excluding hydrogens is 549 g/mol. The lowest BCUT2D eigenvalue weighted by Gasteiger charge is -2.36. The number of pyridine rings is 1. The number of aromatic nitrogens is 1. The van der Waals surface area contributed by atoms with Crippen molar-refractivity contribution in [2.45, 2.75) is 50.4 Å². The Balaban J connectivity index is 1.86. The van der Waals surface area contributed by atoms with E-state index in [-0.39, 0.29) is 12.1 Å². The molecule has 1 atom stereocenters. The number of esters is 1. The van der Waals surface area contributed by atoms with Crippen molar-refractivity contribution in [1.29, 1.82) is 0 Å². The smallest absolute Gasteiger partial charge is 0.416 e. The molecule has 0 aliphatic carbocycles. The van der Waals surface area contributed by atoms with Gasteiger partial charge in [0.2, 0.25) is 0 Å². The van der Waals surface area contributed by atoms with E-state index in [1.165, 1.54) is 29.7 Å². The summed E-state index contributed by atoms with van der Waals surface area (Å²) in [6.07, 6.45) is -3.06. The summed E-state index contributed by atoms with van der Waals surface area (Å²) >= 11 is 1.32. The predicted molar refractivity (Wildman–Crippen MR) is 156 cm³/mol. The van der Waals surface area contributed by atoms with Crippen LogP contribution in [0.15, 0.2) is 76.6 Å². The lowest BCUT2D eigenvalue weighted by molar-refractivity contribution is -0.145. The van der Waals surface area contributed by atoms with Crippen molar-refractivity contribution >= 4 is 28.7 Å². The third-order valence-electron chi connectivity index (χ3n) is 7.51. The van der Waals surface area contributed by atoms with Crippen LogP contribution in [0.5, 0.6) is 0 Å². The van der Waals surface area contributed by atoms with Crippen LogP contribution < -0.4 is 5.56 Å². The Labute approximate surface area is 241 Å². The monoisotopic (exact) mass is 580 g/mol. The molecule has 9 heteroatoms. The Morgan fingerprint density at radius 3 is 2.46 bits per heavy atom. The number of carbonyl (C=O) groups is 1. The first kappa shape index (κ1) is 29.0. The molecule has 1 unspecified atom stereocenters. The summed E-state index contributed by atoms with van der Waals surface area (Å²) in [6.45, 7) is 4.75. The Morgan fingerprint density at radius 2 is 1.76 bits per heavy atom. The van der Waals surface area contributed by atoms with Gasteiger partial charge < -0.3 is 4.74 Å². The summed E-state index contributed by atoms with van der Waals surface area (Å²) in [5.74, 6) is -0.561. The Kier molecular flexibility index (Phi) is 8.29. The van der Waals surface area contributed by atoms with Gasteiger partial charge in [0.25, 0.3) is 5.56 Å². The van der Waals surface area contributed by atoms with Gasteiger partial charge in [-0.3, -0.25) is 9.36 Å². The molecule has 0 saturated heterocycles. The van der Waals surface area contributed by atoms with Gasteiger partial charge in [-0.15, -0.1) is 0 Å². The average molecular weight is 581 g/mol. The molecule has 5 rings (SSSR count). The molecule has 2 heterocycles. The molecular formula is C32H31F3N2O3S. The highest BCUT2D eigenvalue weighted by molar-refractivity contribution is 7.97. The first-order chi connectivity index (χ1) is 19.7. The van der Waals surface area contributed by atoms with E-state index in [9.17, 15) is 22.8 Å². The summed E-state index contributed by atoms with van der Waals surface area (Å²) in [5, 5.41) is 2.50. The maximum absolute atomic E-state index is 14.2. The third-order valence-corrected chi connectivity index (χ3v) is 8.67. The fraction of sp³-hybridized carbons (Fsp3) is 0.312. The zero-order valence-electron chi connectivity index (χ0n) is 23.1. The number of hydrogen-bond acceptors (Lipinski definition) is 5. The summed E-state index contributed by atoms with van der Waals surface area (Å²) in [7, 11) is 1.28. The quantitative estimate of drug-likeness (QED) is 0.170. The van der Waals surface area contributed by atoms with E-state index in [1.807, 2.05) is 60.6 Å². The van der Waals surface area contributed by atoms with Gasteiger partial charge in [0.15, 0.2) is 0 Å². The molecule has 0 N–H and O–H groups in total. The number of alkyl halides is 3. The average Bonchev–Trinajstić information content (AvgIpc) is 2.96. The fourth-order valence-electron chi connectivity index (χ4n) is 5.62. The van der Waals surface area contributed by atoms with E-state index in [0.717, 1.165) is 34.9 Å². The molecule has 5 nitrogen and oxygen atoms in total. The minimum atomic E-state index is -4.54. The maximum Gasteiger partial charge on any atom is 0.416 e. The van der Waals surface area contributed by atoms with Crippen molar-refractivity contribution in [1.82, 2.24) is 8.87 Å². The second-order valence-electron chi connectivity index (χ2n) is 10.1. The van der Waals surface area contributed by atoms with Crippen LogP contribution >= 0.6 is 11.9 Å². The van der Waals surface area contributed by atoms with Crippen LogP contribution in [-0.2, 0) is 28.5 Å². The number of rotatable bonds is 7. The van der Waals surface area contributed by atoms with Gasteiger partial charge in [0.1, 0.15) is 11.1 Å². The predicted octanol–water partition coefficient (Wildman–Crippen LogP) is 7.29. The van der Waals surface area contributed by atoms with Gasteiger partial charge in [0.05, 0.1) is 12.7 Å². The van der Waals surface area contributed by atoms with Crippen molar-refractivity contribution in [3.8, 4) is 11.1 Å². The number of hydrogen-bond donors (Lipinski definition) is 0. The molecule has 0 fully saturated rings. The zero-order chi connectivity index (χ0) is 29.3. The standard InChI is InChI=1S/C32H31F3N2O3S/c1-4-16-36-19-27(31(39)40-3)37-29(38)24(5-2)26(18-21-12-8-11-20-10-6-7-15-25(20)21)28(30(37)41-36)22-13-9-14-23(17-22)32(33,34)35/h6-15,17,27H,4-5,16,18-19H2,1-3H3. The lowest BCUT2D eigenvalue weighted by atomic mass is 9.89. The van der Waals surface area contributed by atoms with Crippen LogP contribution in [0, 0.1) is 0 Å². The van der Waals surface area contributed by atoms with E-state index >= 15 is 0 Å². The van der Waals surface area contributed by atoms with Crippen LogP contribution in [-0.4, -0.2) is 35.0 Å². The normalized spacial score (nSPS) is 15.6. The number of benzene rings is 3. The number of ether oxygens (including phenoxy) is 1. The molecule has 0 spiro atoms. The summed E-state index contributed by atoms with van der Waals surface area (Å²) in [5.41, 5.74) is 1.92. The van der Waals surface area contributed by atoms with Gasteiger partial charge >= 0.3 is 12.1 Å². The molecule has 0 radical (unpaired) electrons. The zero-order valence-corrected chi connectivity index (χ0v) is 23.9. The van der Waals surface area contributed by atoms with Crippen LogP contribution in [0.3, 0.4) is 0 Å². The van der Waals surface area contributed by atoms with Crippen LogP contribution in [0.4, 0.5) is 13.2 Å². The highest BCUT2D eigenvalue weighted by Crippen LogP contribution is 2.43.